The molecule has 0 bridgehead atoms. The highest BCUT2D eigenvalue weighted by molar-refractivity contribution is 5.31. The van der Waals surface area contributed by atoms with E-state index >= 15 is 0 Å². The minimum Gasteiger partial charge on any atom is -0.494 e. The molecule has 1 atom stereocenters. The van der Waals surface area contributed by atoms with E-state index in [-0.39, 0.29) is 11.4 Å². The molecule has 116 valence electrons. The van der Waals surface area contributed by atoms with Crippen LogP contribution in [0.25, 0.3) is 0 Å². The second kappa shape index (κ2) is 5.58. The number of hydrogen-bond acceptors (Lipinski definition) is 3. The zero-order chi connectivity index (χ0) is 15.0. The lowest BCUT2D eigenvalue weighted by Gasteiger charge is -2.45. The Morgan fingerprint density at radius 3 is 2.81 bits per heavy atom. The molecule has 4 heteroatoms. The predicted molar refractivity (Wildman–Crippen MR) is 82.0 cm³/mol. The topological polar surface area (TPSA) is 24.5 Å². The Bertz CT molecular complexity index is 514. The first-order valence-electron chi connectivity index (χ1n) is 7.80. The number of nitrogens with zero attached hydrogens (tertiary/aromatic N) is 1. The second-order valence-electron chi connectivity index (χ2n) is 7.01. The third-order valence-corrected chi connectivity index (χ3v) is 4.66. The predicted octanol–water partition coefficient (Wildman–Crippen LogP) is 2.80. The van der Waals surface area contributed by atoms with Crippen molar-refractivity contribution < 1.29 is 9.13 Å². The van der Waals surface area contributed by atoms with E-state index in [2.05, 4.69) is 24.1 Å². The van der Waals surface area contributed by atoms with Gasteiger partial charge in [0.15, 0.2) is 11.6 Å². The van der Waals surface area contributed by atoms with E-state index < -0.39 is 0 Å². The SMILES string of the molecule is COc1cccc(CN2CC(C)(C)NCC2C2CC2)c1F. The molecular formula is C17H25FN2O. The Morgan fingerprint density at radius 1 is 1.38 bits per heavy atom. The third kappa shape index (κ3) is 3.22. The summed E-state index contributed by atoms with van der Waals surface area (Å²) in [7, 11) is 1.52. The van der Waals surface area contributed by atoms with Crippen LogP contribution < -0.4 is 10.1 Å². The van der Waals surface area contributed by atoms with Crippen LogP contribution >= 0.6 is 0 Å². The fraction of sp³-hybridized carbons (Fsp3) is 0.647. The summed E-state index contributed by atoms with van der Waals surface area (Å²) >= 11 is 0. The van der Waals surface area contributed by atoms with Crippen LogP contribution in [0.3, 0.4) is 0 Å². The van der Waals surface area contributed by atoms with Crippen molar-refractivity contribution in [2.45, 2.75) is 44.8 Å². The zero-order valence-electron chi connectivity index (χ0n) is 13.2. The molecule has 3 rings (SSSR count). The molecular weight excluding hydrogens is 267 g/mol. The molecule has 1 unspecified atom stereocenters. The lowest BCUT2D eigenvalue weighted by molar-refractivity contribution is 0.0748. The summed E-state index contributed by atoms with van der Waals surface area (Å²) in [5, 5.41) is 3.62. The van der Waals surface area contributed by atoms with Gasteiger partial charge in [-0.15, -0.1) is 0 Å². The Hall–Kier alpha value is -1.13. The van der Waals surface area contributed by atoms with Crippen LogP contribution in [-0.2, 0) is 6.54 Å². The van der Waals surface area contributed by atoms with Crippen molar-refractivity contribution in [2.24, 2.45) is 5.92 Å². The molecule has 1 aromatic rings. The van der Waals surface area contributed by atoms with Crippen molar-refractivity contribution in [3.63, 3.8) is 0 Å². The van der Waals surface area contributed by atoms with Gasteiger partial charge in [-0.25, -0.2) is 4.39 Å². The summed E-state index contributed by atoms with van der Waals surface area (Å²) in [6.07, 6.45) is 2.62. The minimum absolute atomic E-state index is 0.0841. The Balaban J connectivity index is 1.80. The van der Waals surface area contributed by atoms with Gasteiger partial charge < -0.3 is 10.1 Å². The van der Waals surface area contributed by atoms with E-state index in [1.807, 2.05) is 12.1 Å². The highest BCUT2D eigenvalue weighted by atomic mass is 19.1. The van der Waals surface area contributed by atoms with E-state index in [0.717, 1.165) is 24.6 Å². The lowest BCUT2D eigenvalue weighted by atomic mass is 9.96. The van der Waals surface area contributed by atoms with E-state index in [4.69, 9.17) is 4.74 Å². The number of methoxy groups -OCH3 is 1. The highest BCUT2D eigenvalue weighted by Crippen LogP contribution is 2.38. The van der Waals surface area contributed by atoms with Crippen molar-refractivity contribution in [2.75, 3.05) is 20.2 Å². The van der Waals surface area contributed by atoms with Gasteiger partial charge >= 0.3 is 0 Å². The summed E-state index contributed by atoms with van der Waals surface area (Å²) in [4.78, 5) is 2.45. The van der Waals surface area contributed by atoms with E-state index in [1.54, 1.807) is 6.07 Å². The standard InChI is InChI=1S/C17H25FN2O/c1-17(2)11-20(14(9-19-17)12-7-8-12)10-13-5-4-6-15(21-3)16(13)18/h4-6,12,14,19H,7-11H2,1-3H3. The maximum Gasteiger partial charge on any atom is 0.169 e. The summed E-state index contributed by atoms with van der Waals surface area (Å²) in [5.74, 6) is 0.901. The van der Waals surface area contributed by atoms with Gasteiger partial charge in [0.1, 0.15) is 0 Å². The molecule has 21 heavy (non-hydrogen) atoms. The largest absolute Gasteiger partial charge is 0.494 e. The molecule has 1 N–H and O–H groups in total. The molecule has 1 aliphatic carbocycles. The maximum absolute atomic E-state index is 14.4. The van der Waals surface area contributed by atoms with Crippen LogP contribution in [0.5, 0.6) is 5.75 Å². The van der Waals surface area contributed by atoms with Gasteiger partial charge in [-0.2, -0.15) is 0 Å². The second-order valence-corrected chi connectivity index (χ2v) is 7.01. The van der Waals surface area contributed by atoms with Crippen LogP contribution in [0, 0.1) is 11.7 Å². The van der Waals surface area contributed by atoms with E-state index in [9.17, 15) is 4.39 Å². The number of hydrogen-bond donors (Lipinski definition) is 1. The molecule has 0 spiro atoms. The van der Waals surface area contributed by atoms with Gasteiger partial charge in [0.2, 0.25) is 0 Å². The number of nitrogens with one attached hydrogen (secondary N) is 1. The fourth-order valence-electron chi connectivity index (χ4n) is 3.36. The molecule has 1 aromatic carbocycles. The van der Waals surface area contributed by atoms with Gasteiger partial charge in [0, 0.05) is 36.8 Å². The van der Waals surface area contributed by atoms with E-state index in [0.29, 0.717) is 18.3 Å². The zero-order valence-corrected chi connectivity index (χ0v) is 13.2. The summed E-state index contributed by atoms with van der Waals surface area (Å²) in [5.41, 5.74) is 0.818. The molecule has 0 amide bonds. The molecule has 2 aliphatic rings. The van der Waals surface area contributed by atoms with Crippen LogP contribution in [0.1, 0.15) is 32.3 Å². The van der Waals surface area contributed by atoms with Gasteiger partial charge in [-0.1, -0.05) is 12.1 Å². The number of ether oxygens (including phenoxy) is 1. The molecule has 0 radical (unpaired) electrons. The summed E-state index contributed by atoms with van der Waals surface area (Å²) in [6, 6.07) is 5.95. The van der Waals surface area contributed by atoms with Crippen molar-refractivity contribution in [3.8, 4) is 5.75 Å². The van der Waals surface area contributed by atoms with Crippen molar-refractivity contribution in [1.82, 2.24) is 10.2 Å². The smallest absolute Gasteiger partial charge is 0.169 e. The van der Waals surface area contributed by atoms with Crippen LogP contribution in [-0.4, -0.2) is 36.7 Å². The number of rotatable bonds is 4. The summed E-state index contributed by atoms with van der Waals surface area (Å²) < 4.78 is 19.5. The molecule has 1 heterocycles. The van der Waals surface area contributed by atoms with Gasteiger partial charge in [0.25, 0.3) is 0 Å². The molecule has 0 aromatic heterocycles. The molecule has 3 nitrogen and oxygen atoms in total. The average Bonchev–Trinajstić information content (AvgIpc) is 3.25. The first-order chi connectivity index (χ1) is 10.00. The van der Waals surface area contributed by atoms with Crippen LogP contribution in [0.2, 0.25) is 0 Å². The maximum atomic E-state index is 14.4. The van der Waals surface area contributed by atoms with Gasteiger partial charge in [0.05, 0.1) is 7.11 Å². The number of benzene rings is 1. The quantitative estimate of drug-likeness (QED) is 0.923. The Kier molecular flexibility index (Phi) is 3.93. The van der Waals surface area contributed by atoms with Gasteiger partial charge in [-0.3, -0.25) is 4.90 Å². The minimum atomic E-state index is -0.217. The monoisotopic (exact) mass is 292 g/mol. The van der Waals surface area contributed by atoms with Crippen molar-refractivity contribution in [3.05, 3.63) is 29.6 Å². The Morgan fingerprint density at radius 2 is 2.14 bits per heavy atom. The fourth-order valence-corrected chi connectivity index (χ4v) is 3.36. The third-order valence-electron chi connectivity index (χ3n) is 4.66. The normalized spacial score (nSPS) is 25.8. The first kappa shape index (κ1) is 14.8. The number of piperazine rings is 1. The van der Waals surface area contributed by atoms with E-state index in [1.165, 1.54) is 20.0 Å². The van der Waals surface area contributed by atoms with Gasteiger partial charge in [-0.05, 0) is 38.7 Å². The highest BCUT2D eigenvalue weighted by Gasteiger charge is 2.41. The molecule has 2 fully saturated rings. The van der Waals surface area contributed by atoms with Crippen molar-refractivity contribution >= 4 is 0 Å². The summed E-state index contributed by atoms with van der Waals surface area (Å²) in [6.45, 7) is 7.04. The number of halogens is 1. The molecule has 1 saturated carbocycles. The first-order valence-corrected chi connectivity index (χ1v) is 7.80. The Labute approximate surface area is 126 Å². The molecule has 1 saturated heterocycles. The van der Waals surface area contributed by atoms with Crippen LogP contribution in [0.4, 0.5) is 4.39 Å². The van der Waals surface area contributed by atoms with Crippen molar-refractivity contribution in [1.29, 1.82) is 0 Å². The average molecular weight is 292 g/mol. The lowest BCUT2D eigenvalue weighted by Crippen LogP contribution is -2.61. The van der Waals surface area contributed by atoms with Crippen LogP contribution in [0.15, 0.2) is 18.2 Å². The molecule has 1 aliphatic heterocycles.